The van der Waals surface area contributed by atoms with Crippen molar-refractivity contribution in [2.45, 2.75) is 49.5 Å². The van der Waals surface area contributed by atoms with E-state index in [-0.39, 0.29) is 17.9 Å². The van der Waals surface area contributed by atoms with Gasteiger partial charge in [0.05, 0.1) is 29.5 Å². The van der Waals surface area contributed by atoms with Crippen molar-refractivity contribution in [1.29, 1.82) is 0 Å². The van der Waals surface area contributed by atoms with Gasteiger partial charge in [0, 0.05) is 18.2 Å². The number of benzene rings is 2. The van der Waals surface area contributed by atoms with E-state index in [1.807, 2.05) is 6.92 Å². The highest BCUT2D eigenvalue weighted by Gasteiger charge is 2.51. The fourth-order valence-electron chi connectivity index (χ4n) is 4.72. The highest BCUT2D eigenvalue weighted by Crippen LogP contribution is 2.52. The van der Waals surface area contributed by atoms with Crippen LogP contribution in [-0.2, 0) is 33.2 Å². The molecule has 0 atom stereocenters. The lowest BCUT2D eigenvalue weighted by Crippen LogP contribution is -2.39. The molecular formula is C23H22F2N4O3S. The van der Waals surface area contributed by atoms with Crippen LogP contribution in [-0.4, -0.2) is 24.2 Å². The standard InChI is InChI=1S/C23H22F2N4O3S/c1-13-26-11-16(28-13)12-27-20-9-15(8-18-17(20)10-22(30)23(18)5-2-6-23)29-33(31,32)21-4-3-14(24)7-19(21)25/h3-4,7-9,11,27,29H,2,5-6,10,12H2,1H3,(H,26,28). The predicted octanol–water partition coefficient (Wildman–Crippen LogP) is 3.96. The van der Waals surface area contributed by atoms with Gasteiger partial charge in [0.1, 0.15) is 28.1 Å². The minimum absolute atomic E-state index is 0.133. The summed E-state index contributed by atoms with van der Waals surface area (Å²) in [4.78, 5) is 19.5. The maximum Gasteiger partial charge on any atom is 0.264 e. The van der Waals surface area contributed by atoms with Gasteiger partial charge in [-0.2, -0.15) is 0 Å². The minimum Gasteiger partial charge on any atom is -0.379 e. The Bertz CT molecular complexity index is 1380. The molecule has 3 aromatic rings. The third-order valence-electron chi connectivity index (χ3n) is 6.50. The molecule has 0 bridgehead atoms. The topological polar surface area (TPSA) is 104 Å². The number of carbonyl (C=O) groups is 1. The number of hydrogen-bond donors (Lipinski definition) is 3. The van der Waals surface area contributed by atoms with Crippen molar-refractivity contribution in [3.05, 3.63) is 70.8 Å². The van der Waals surface area contributed by atoms with Crippen molar-refractivity contribution in [1.82, 2.24) is 9.97 Å². The maximum atomic E-state index is 14.2. The summed E-state index contributed by atoms with van der Waals surface area (Å²) in [6.45, 7) is 2.24. The van der Waals surface area contributed by atoms with Crippen LogP contribution < -0.4 is 10.0 Å². The molecule has 0 saturated heterocycles. The quantitative estimate of drug-likeness (QED) is 0.504. The summed E-state index contributed by atoms with van der Waals surface area (Å²) in [5.41, 5.74) is 2.76. The zero-order valence-corrected chi connectivity index (χ0v) is 18.7. The first-order chi connectivity index (χ1) is 15.7. The zero-order chi connectivity index (χ0) is 23.4. The molecule has 1 spiro atoms. The molecule has 0 unspecified atom stereocenters. The van der Waals surface area contributed by atoms with Crippen molar-refractivity contribution >= 4 is 27.2 Å². The number of hydrogen-bond acceptors (Lipinski definition) is 5. The van der Waals surface area contributed by atoms with E-state index < -0.39 is 32.0 Å². The molecule has 2 aromatic carbocycles. The van der Waals surface area contributed by atoms with Crippen molar-refractivity contribution in [2.75, 3.05) is 10.0 Å². The number of carbonyl (C=O) groups excluding carboxylic acids is 1. The second kappa shape index (κ2) is 7.65. The zero-order valence-electron chi connectivity index (χ0n) is 17.8. The summed E-state index contributed by atoms with van der Waals surface area (Å²) >= 11 is 0. The largest absolute Gasteiger partial charge is 0.379 e. The van der Waals surface area contributed by atoms with E-state index in [2.05, 4.69) is 20.0 Å². The number of aryl methyl sites for hydroxylation is 1. The summed E-state index contributed by atoms with van der Waals surface area (Å²) < 4.78 is 55.6. The van der Waals surface area contributed by atoms with Crippen molar-refractivity contribution in [3.8, 4) is 0 Å². The van der Waals surface area contributed by atoms with Gasteiger partial charge in [0.15, 0.2) is 0 Å². The lowest BCUT2D eigenvalue weighted by molar-refractivity contribution is -0.125. The number of fused-ring (bicyclic) bond motifs is 2. The SMILES string of the molecule is Cc1ncc(CNc2cc(NS(=O)(=O)c3ccc(F)cc3F)cc3c2CC(=O)C32CCC2)[nH]1. The number of aromatic nitrogens is 2. The monoisotopic (exact) mass is 472 g/mol. The molecule has 0 amide bonds. The van der Waals surface area contributed by atoms with Gasteiger partial charge < -0.3 is 10.3 Å². The van der Waals surface area contributed by atoms with Gasteiger partial charge >= 0.3 is 0 Å². The molecule has 2 aliphatic carbocycles. The fourth-order valence-corrected chi connectivity index (χ4v) is 5.82. The number of nitrogens with one attached hydrogen (secondary N) is 3. The summed E-state index contributed by atoms with van der Waals surface area (Å²) in [5.74, 6) is -1.14. The van der Waals surface area contributed by atoms with Gasteiger partial charge in [-0.05, 0) is 55.2 Å². The molecule has 1 aromatic heterocycles. The molecule has 1 fully saturated rings. The number of aromatic amines is 1. The van der Waals surface area contributed by atoms with Crippen LogP contribution in [0.5, 0.6) is 0 Å². The molecule has 0 radical (unpaired) electrons. The molecule has 0 aliphatic heterocycles. The molecule has 7 nitrogen and oxygen atoms in total. The second-order valence-electron chi connectivity index (χ2n) is 8.61. The number of ketones is 1. The van der Waals surface area contributed by atoms with Crippen LogP contribution >= 0.6 is 0 Å². The van der Waals surface area contributed by atoms with Gasteiger partial charge in [0.2, 0.25) is 0 Å². The maximum absolute atomic E-state index is 14.2. The number of anilines is 2. The lowest BCUT2D eigenvalue weighted by Gasteiger charge is -2.37. The Morgan fingerprint density at radius 1 is 1.18 bits per heavy atom. The van der Waals surface area contributed by atoms with Crippen LogP contribution in [0.3, 0.4) is 0 Å². The Morgan fingerprint density at radius 3 is 2.61 bits per heavy atom. The van der Waals surface area contributed by atoms with Crippen LogP contribution in [0, 0.1) is 18.6 Å². The molecule has 2 aliphatic rings. The average molecular weight is 473 g/mol. The molecule has 172 valence electrons. The van der Waals surface area contributed by atoms with Gasteiger partial charge in [-0.25, -0.2) is 22.2 Å². The molecule has 1 saturated carbocycles. The molecule has 10 heteroatoms. The van der Waals surface area contributed by atoms with E-state index in [1.165, 1.54) is 0 Å². The number of halogens is 2. The molecule has 3 N–H and O–H groups in total. The van der Waals surface area contributed by atoms with Crippen LogP contribution in [0.25, 0.3) is 0 Å². The van der Waals surface area contributed by atoms with Gasteiger partial charge in [-0.1, -0.05) is 6.42 Å². The van der Waals surface area contributed by atoms with Crippen molar-refractivity contribution < 1.29 is 22.0 Å². The van der Waals surface area contributed by atoms with E-state index in [4.69, 9.17) is 0 Å². The van der Waals surface area contributed by atoms with Crippen LogP contribution in [0.2, 0.25) is 0 Å². The van der Waals surface area contributed by atoms with E-state index >= 15 is 0 Å². The Morgan fingerprint density at radius 2 is 1.97 bits per heavy atom. The van der Waals surface area contributed by atoms with E-state index in [1.54, 1.807) is 18.3 Å². The number of rotatable bonds is 6. The Balaban J connectivity index is 1.53. The van der Waals surface area contributed by atoms with Crippen LogP contribution in [0.1, 0.15) is 41.9 Å². The van der Waals surface area contributed by atoms with E-state index in [0.29, 0.717) is 18.3 Å². The number of H-pyrrole nitrogens is 1. The van der Waals surface area contributed by atoms with Gasteiger partial charge in [0.25, 0.3) is 10.0 Å². The highest BCUT2D eigenvalue weighted by molar-refractivity contribution is 7.92. The van der Waals surface area contributed by atoms with Crippen LogP contribution in [0.15, 0.2) is 41.4 Å². The molecule has 33 heavy (non-hydrogen) atoms. The van der Waals surface area contributed by atoms with Gasteiger partial charge in [-0.15, -0.1) is 0 Å². The molecular weight excluding hydrogens is 450 g/mol. The molecule has 5 rings (SSSR count). The Hall–Kier alpha value is -3.27. The van der Waals surface area contributed by atoms with Crippen LogP contribution in [0.4, 0.5) is 20.2 Å². The van der Waals surface area contributed by atoms with Crippen molar-refractivity contribution in [3.63, 3.8) is 0 Å². The van der Waals surface area contributed by atoms with E-state index in [0.717, 1.165) is 54.0 Å². The second-order valence-corrected chi connectivity index (χ2v) is 10.3. The average Bonchev–Trinajstić information content (AvgIpc) is 3.25. The number of nitrogens with zero attached hydrogens (tertiary/aromatic N) is 1. The first-order valence-electron chi connectivity index (χ1n) is 10.6. The van der Waals surface area contributed by atoms with Gasteiger partial charge in [-0.3, -0.25) is 9.52 Å². The lowest BCUT2D eigenvalue weighted by atomic mass is 9.64. The number of sulfonamides is 1. The summed E-state index contributed by atoms with van der Waals surface area (Å²) in [6.07, 6.45) is 4.35. The Labute approximate surface area is 189 Å². The number of Topliss-reactive ketones (excluding diaryl/α,β-unsaturated/α-hetero) is 1. The summed E-state index contributed by atoms with van der Waals surface area (Å²) in [7, 11) is -4.32. The summed E-state index contributed by atoms with van der Waals surface area (Å²) in [5, 5.41) is 3.28. The highest BCUT2D eigenvalue weighted by atomic mass is 32.2. The van der Waals surface area contributed by atoms with E-state index in [9.17, 15) is 22.0 Å². The molecule has 1 heterocycles. The smallest absolute Gasteiger partial charge is 0.264 e. The third-order valence-corrected chi connectivity index (χ3v) is 7.92. The summed E-state index contributed by atoms with van der Waals surface area (Å²) in [6, 6.07) is 5.58. The third kappa shape index (κ3) is 3.68. The normalized spacial score (nSPS) is 16.5. The first-order valence-corrected chi connectivity index (χ1v) is 12.1. The first kappa shape index (κ1) is 21.6. The van der Waals surface area contributed by atoms with Crippen molar-refractivity contribution in [2.24, 2.45) is 0 Å². The minimum atomic E-state index is -4.32. The predicted molar refractivity (Wildman–Crippen MR) is 118 cm³/mol. The number of imidazole rings is 1. The fraction of sp³-hybridized carbons (Fsp3) is 0.304. The Kier molecular flexibility index (Phi) is 5.00.